The maximum atomic E-state index is 12.5. The molecule has 0 bridgehead atoms. The van der Waals surface area contributed by atoms with Crippen LogP contribution >= 0.6 is 0 Å². The predicted molar refractivity (Wildman–Crippen MR) is 64.1 cm³/mol. The van der Waals surface area contributed by atoms with E-state index in [0.717, 1.165) is 25.1 Å². The molecule has 1 aromatic rings. The van der Waals surface area contributed by atoms with Crippen molar-refractivity contribution in [2.45, 2.75) is 25.1 Å². The first kappa shape index (κ1) is 13.9. The van der Waals surface area contributed by atoms with E-state index in [0.29, 0.717) is 12.0 Å². The molecule has 1 aliphatic heterocycles. The van der Waals surface area contributed by atoms with Gasteiger partial charge in [0.1, 0.15) is 0 Å². The largest absolute Gasteiger partial charge is 0.416 e. The predicted octanol–water partition coefficient (Wildman–Crippen LogP) is 2.23. The second-order valence-corrected chi connectivity index (χ2v) is 4.70. The summed E-state index contributed by atoms with van der Waals surface area (Å²) in [5.41, 5.74) is 5.31. The number of amides is 1. The lowest BCUT2D eigenvalue weighted by atomic mass is 9.85. The lowest BCUT2D eigenvalue weighted by Gasteiger charge is -2.31. The minimum absolute atomic E-state index is 0.298. The Kier molecular flexibility index (Phi) is 3.80. The van der Waals surface area contributed by atoms with E-state index in [4.69, 9.17) is 5.73 Å². The van der Waals surface area contributed by atoms with Crippen LogP contribution in [0.1, 0.15) is 30.0 Å². The van der Waals surface area contributed by atoms with Crippen LogP contribution in [-0.4, -0.2) is 12.5 Å². The van der Waals surface area contributed by atoms with Crippen LogP contribution in [0.15, 0.2) is 24.3 Å². The van der Waals surface area contributed by atoms with Crippen LogP contribution in [0.2, 0.25) is 0 Å². The number of halogens is 3. The van der Waals surface area contributed by atoms with Gasteiger partial charge in [-0.05, 0) is 37.1 Å². The van der Waals surface area contributed by atoms with Crippen molar-refractivity contribution in [3.05, 3.63) is 35.4 Å². The van der Waals surface area contributed by atoms with Gasteiger partial charge in [-0.3, -0.25) is 4.79 Å². The molecule has 0 spiro atoms. The van der Waals surface area contributed by atoms with Crippen LogP contribution in [0.4, 0.5) is 13.2 Å². The highest BCUT2D eigenvalue weighted by molar-refractivity contribution is 5.77. The third-order valence-electron chi connectivity index (χ3n) is 3.42. The van der Waals surface area contributed by atoms with E-state index < -0.39 is 17.6 Å². The summed E-state index contributed by atoms with van der Waals surface area (Å²) in [5.74, 6) is -0.789. The van der Waals surface area contributed by atoms with Crippen molar-refractivity contribution < 1.29 is 18.0 Å². The quantitative estimate of drug-likeness (QED) is 0.867. The van der Waals surface area contributed by atoms with Gasteiger partial charge in [0.15, 0.2) is 0 Å². The molecule has 19 heavy (non-hydrogen) atoms. The number of carbonyl (C=O) groups is 1. The van der Waals surface area contributed by atoms with Gasteiger partial charge in [0.05, 0.1) is 11.5 Å². The number of hydrogen-bond acceptors (Lipinski definition) is 2. The summed E-state index contributed by atoms with van der Waals surface area (Å²) in [4.78, 5) is 11.4. The highest BCUT2D eigenvalue weighted by Crippen LogP contribution is 2.33. The third-order valence-corrected chi connectivity index (χ3v) is 3.42. The molecule has 0 radical (unpaired) electrons. The zero-order valence-electron chi connectivity index (χ0n) is 10.2. The maximum absolute atomic E-state index is 12.5. The van der Waals surface area contributed by atoms with Crippen molar-refractivity contribution in [1.82, 2.24) is 5.32 Å². The van der Waals surface area contributed by atoms with Crippen molar-refractivity contribution in [2.24, 2.45) is 11.7 Å². The molecule has 104 valence electrons. The normalized spacial score (nSPS) is 24.2. The number of nitrogens with one attached hydrogen (secondary N) is 1. The van der Waals surface area contributed by atoms with Gasteiger partial charge < -0.3 is 11.1 Å². The fourth-order valence-electron chi connectivity index (χ4n) is 2.42. The highest BCUT2D eigenvalue weighted by Gasteiger charge is 2.33. The monoisotopic (exact) mass is 272 g/mol. The second kappa shape index (κ2) is 5.21. The minimum atomic E-state index is -4.35. The van der Waals surface area contributed by atoms with E-state index >= 15 is 0 Å². The van der Waals surface area contributed by atoms with E-state index in [-0.39, 0.29) is 12.0 Å². The van der Waals surface area contributed by atoms with Gasteiger partial charge in [-0.25, -0.2) is 0 Å². The fourth-order valence-corrected chi connectivity index (χ4v) is 2.42. The first-order chi connectivity index (χ1) is 8.89. The number of nitrogens with two attached hydrogens (primary N) is 1. The Labute approximate surface area is 109 Å². The second-order valence-electron chi connectivity index (χ2n) is 4.70. The SMILES string of the molecule is NC(=O)C1CCCNC1c1ccc(C(F)(F)F)cc1. The van der Waals surface area contributed by atoms with Crippen molar-refractivity contribution in [3.63, 3.8) is 0 Å². The first-order valence-corrected chi connectivity index (χ1v) is 6.09. The summed E-state index contributed by atoms with van der Waals surface area (Å²) < 4.78 is 37.4. The molecule has 1 heterocycles. The fraction of sp³-hybridized carbons (Fsp3) is 0.462. The first-order valence-electron chi connectivity index (χ1n) is 6.09. The van der Waals surface area contributed by atoms with Gasteiger partial charge in [-0.1, -0.05) is 12.1 Å². The Morgan fingerprint density at radius 1 is 1.26 bits per heavy atom. The number of carbonyl (C=O) groups excluding carboxylic acids is 1. The van der Waals surface area contributed by atoms with Crippen LogP contribution < -0.4 is 11.1 Å². The van der Waals surface area contributed by atoms with Crippen molar-refractivity contribution in [2.75, 3.05) is 6.54 Å². The molecular weight excluding hydrogens is 257 g/mol. The number of piperidine rings is 1. The molecule has 2 atom stereocenters. The number of rotatable bonds is 2. The number of benzene rings is 1. The molecule has 3 nitrogen and oxygen atoms in total. The third kappa shape index (κ3) is 3.07. The topological polar surface area (TPSA) is 55.1 Å². The molecular formula is C13H15F3N2O. The Balaban J connectivity index is 2.23. The Bertz CT molecular complexity index is 456. The van der Waals surface area contributed by atoms with E-state index in [1.165, 1.54) is 12.1 Å². The molecule has 1 aromatic carbocycles. The standard InChI is InChI=1S/C13H15F3N2O/c14-13(15,16)9-5-3-8(4-6-9)11-10(12(17)19)2-1-7-18-11/h3-6,10-11,18H,1-2,7H2,(H2,17,19). The summed E-state index contributed by atoms with van der Waals surface area (Å²) in [6, 6.07) is 4.57. The summed E-state index contributed by atoms with van der Waals surface area (Å²) in [5, 5.41) is 3.14. The Morgan fingerprint density at radius 3 is 2.42 bits per heavy atom. The van der Waals surface area contributed by atoms with E-state index in [1.807, 2.05) is 0 Å². The average molecular weight is 272 g/mol. The van der Waals surface area contributed by atoms with Crippen molar-refractivity contribution >= 4 is 5.91 Å². The maximum Gasteiger partial charge on any atom is 0.416 e. The molecule has 0 aliphatic carbocycles. The van der Waals surface area contributed by atoms with Crippen molar-refractivity contribution in [1.29, 1.82) is 0 Å². The summed E-state index contributed by atoms with van der Waals surface area (Å²) in [6.07, 6.45) is -2.85. The van der Waals surface area contributed by atoms with Crippen LogP contribution in [0.3, 0.4) is 0 Å². The summed E-state index contributed by atoms with van der Waals surface area (Å²) in [6.45, 7) is 0.732. The molecule has 1 saturated heterocycles. The van der Waals surface area contributed by atoms with Gasteiger partial charge in [0.2, 0.25) is 5.91 Å². The van der Waals surface area contributed by atoms with Gasteiger partial charge >= 0.3 is 6.18 Å². The Morgan fingerprint density at radius 2 is 1.89 bits per heavy atom. The molecule has 3 N–H and O–H groups in total. The molecule has 0 saturated carbocycles. The Hall–Kier alpha value is -1.56. The molecule has 6 heteroatoms. The molecule has 1 aliphatic rings. The molecule has 1 amide bonds. The van der Waals surface area contributed by atoms with Gasteiger partial charge in [0, 0.05) is 6.04 Å². The zero-order chi connectivity index (χ0) is 14.0. The molecule has 1 fully saturated rings. The van der Waals surface area contributed by atoms with Gasteiger partial charge in [-0.2, -0.15) is 13.2 Å². The van der Waals surface area contributed by atoms with Gasteiger partial charge in [0.25, 0.3) is 0 Å². The van der Waals surface area contributed by atoms with E-state index in [2.05, 4.69) is 5.32 Å². The summed E-state index contributed by atoms with van der Waals surface area (Å²) >= 11 is 0. The van der Waals surface area contributed by atoms with Crippen LogP contribution in [0.5, 0.6) is 0 Å². The molecule has 2 unspecified atom stereocenters. The lowest BCUT2D eigenvalue weighted by molar-refractivity contribution is -0.137. The summed E-state index contributed by atoms with van der Waals surface area (Å²) in [7, 11) is 0. The average Bonchev–Trinajstić information content (AvgIpc) is 2.38. The number of hydrogen-bond donors (Lipinski definition) is 2. The van der Waals surface area contributed by atoms with Crippen LogP contribution in [0.25, 0.3) is 0 Å². The molecule has 2 rings (SSSR count). The zero-order valence-corrected chi connectivity index (χ0v) is 10.2. The van der Waals surface area contributed by atoms with Crippen molar-refractivity contribution in [3.8, 4) is 0 Å². The lowest BCUT2D eigenvalue weighted by Crippen LogP contribution is -2.40. The molecule has 0 aromatic heterocycles. The van der Waals surface area contributed by atoms with E-state index in [1.54, 1.807) is 0 Å². The smallest absolute Gasteiger partial charge is 0.369 e. The highest BCUT2D eigenvalue weighted by atomic mass is 19.4. The number of primary amides is 1. The van der Waals surface area contributed by atoms with E-state index in [9.17, 15) is 18.0 Å². The minimum Gasteiger partial charge on any atom is -0.369 e. The van der Waals surface area contributed by atoms with Gasteiger partial charge in [-0.15, -0.1) is 0 Å². The number of alkyl halides is 3. The van der Waals surface area contributed by atoms with Crippen LogP contribution in [0, 0.1) is 5.92 Å². The van der Waals surface area contributed by atoms with Crippen LogP contribution in [-0.2, 0) is 11.0 Å².